The Morgan fingerprint density at radius 1 is 1.32 bits per heavy atom. The minimum atomic E-state index is 0.0260. The van der Waals surface area contributed by atoms with Gasteiger partial charge < -0.3 is 10.2 Å². The van der Waals surface area contributed by atoms with E-state index in [0.717, 1.165) is 43.9 Å². The zero-order valence-electron chi connectivity index (χ0n) is 14.7. The van der Waals surface area contributed by atoms with Crippen molar-refractivity contribution >= 4 is 17.4 Å². The Labute approximate surface area is 153 Å². The number of aromatic nitrogens is 1. The molecule has 25 heavy (non-hydrogen) atoms. The fourth-order valence-electron chi connectivity index (χ4n) is 3.10. The van der Waals surface area contributed by atoms with Gasteiger partial charge in [-0.2, -0.15) is 0 Å². The highest BCUT2D eigenvalue weighted by molar-refractivity contribution is 7.09. The SMILES string of the molecule is CN(CCc1nccs1)C(=O)NC1CCN(Cc2ccccc2)CC1. The number of carbonyl (C=O) groups excluding carboxylic acids is 1. The van der Waals surface area contributed by atoms with Crippen LogP contribution in [0.5, 0.6) is 0 Å². The van der Waals surface area contributed by atoms with Crippen LogP contribution in [0.15, 0.2) is 41.9 Å². The summed E-state index contributed by atoms with van der Waals surface area (Å²) in [5.41, 5.74) is 1.35. The van der Waals surface area contributed by atoms with Gasteiger partial charge in [-0.15, -0.1) is 11.3 Å². The van der Waals surface area contributed by atoms with Crippen molar-refractivity contribution in [2.75, 3.05) is 26.7 Å². The largest absolute Gasteiger partial charge is 0.335 e. The Bertz CT molecular complexity index is 639. The summed E-state index contributed by atoms with van der Waals surface area (Å²) >= 11 is 1.64. The van der Waals surface area contributed by atoms with E-state index in [2.05, 4.69) is 45.5 Å². The molecule has 1 N–H and O–H groups in total. The number of likely N-dealkylation sites (tertiary alicyclic amines) is 1. The van der Waals surface area contributed by atoms with Crippen LogP contribution >= 0.6 is 11.3 Å². The number of benzene rings is 1. The van der Waals surface area contributed by atoms with Gasteiger partial charge in [0.15, 0.2) is 0 Å². The number of carbonyl (C=O) groups is 1. The second kappa shape index (κ2) is 8.97. The zero-order valence-corrected chi connectivity index (χ0v) is 15.5. The molecule has 3 rings (SSSR count). The second-order valence-electron chi connectivity index (χ2n) is 6.58. The minimum Gasteiger partial charge on any atom is -0.335 e. The molecule has 6 heteroatoms. The summed E-state index contributed by atoms with van der Waals surface area (Å²) < 4.78 is 0. The lowest BCUT2D eigenvalue weighted by molar-refractivity contribution is 0.174. The molecule has 2 aromatic rings. The molecule has 0 spiro atoms. The lowest BCUT2D eigenvalue weighted by atomic mass is 10.0. The number of rotatable bonds is 6. The van der Waals surface area contributed by atoms with Gasteiger partial charge in [-0.25, -0.2) is 9.78 Å². The maximum Gasteiger partial charge on any atom is 0.317 e. The molecule has 1 aliphatic heterocycles. The lowest BCUT2D eigenvalue weighted by Gasteiger charge is -2.33. The summed E-state index contributed by atoms with van der Waals surface area (Å²) in [4.78, 5) is 20.8. The molecule has 1 fully saturated rings. The van der Waals surface area contributed by atoms with E-state index >= 15 is 0 Å². The Kier molecular flexibility index (Phi) is 6.42. The van der Waals surface area contributed by atoms with Crippen molar-refractivity contribution in [3.63, 3.8) is 0 Å². The molecule has 0 aliphatic carbocycles. The fraction of sp³-hybridized carbons (Fsp3) is 0.474. The third-order valence-corrected chi connectivity index (χ3v) is 5.49. The standard InChI is InChI=1S/C19H26N4OS/c1-22(11-9-18-20-10-14-25-18)19(24)21-17-7-12-23(13-8-17)15-16-5-3-2-4-6-16/h2-6,10,14,17H,7-9,11-13,15H2,1H3,(H,21,24). The molecule has 2 amide bonds. The first-order chi connectivity index (χ1) is 12.2. The van der Waals surface area contributed by atoms with E-state index in [9.17, 15) is 4.79 Å². The lowest BCUT2D eigenvalue weighted by Crippen LogP contribution is -2.48. The van der Waals surface area contributed by atoms with Crippen LogP contribution in [0.2, 0.25) is 0 Å². The number of likely N-dealkylation sites (N-methyl/N-ethyl adjacent to an activating group) is 1. The number of hydrogen-bond donors (Lipinski definition) is 1. The summed E-state index contributed by atoms with van der Waals surface area (Å²) in [6.07, 6.45) is 4.65. The Morgan fingerprint density at radius 3 is 2.76 bits per heavy atom. The normalized spacial score (nSPS) is 15.9. The highest BCUT2D eigenvalue weighted by Crippen LogP contribution is 2.14. The summed E-state index contributed by atoms with van der Waals surface area (Å²) in [6.45, 7) is 3.76. The smallest absolute Gasteiger partial charge is 0.317 e. The first kappa shape index (κ1) is 17.9. The van der Waals surface area contributed by atoms with Crippen LogP contribution in [-0.2, 0) is 13.0 Å². The van der Waals surface area contributed by atoms with Crippen molar-refractivity contribution in [1.82, 2.24) is 20.1 Å². The van der Waals surface area contributed by atoms with Crippen LogP contribution in [-0.4, -0.2) is 53.5 Å². The van der Waals surface area contributed by atoms with Crippen LogP contribution in [0.3, 0.4) is 0 Å². The third-order valence-electron chi connectivity index (χ3n) is 4.66. The van der Waals surface area contributed by atoms with Gasteiger partial charge in [-0.3, -0.25) is 4.90 Å². The number of nitrogens with zero attached hydrogens (tertiary/aromatic N) is 3. The number of piperidine rings is 1. The number of thiazole rings is 1. The quantitative estimate of drug-likeness (QED) is 0.864. The summed E-state index contributed by atoms with van der Waals surface area (Å²) in [7, 11) is 1.85. The molecule has 0 saturated carbocycles. The van der Waals surface area contributed by atoms with Gasteiger partial charge in [0.1, 0.15) is 0 Å². The molecule has 1 aliphatic rings. The van der Waals surface area contributed by atoms with Crippen molar-refractivity contribution in [2.45, 2.75) is 31.8 Å². The van der Waals surface area contributed by atoms with Crippen LogP contribution < -0.4 is 5.32 Å². The molecule has 1 saturated heterocycles. The van der Waals surface area contributed by atoms with E-state index in [-0.39, 0.29) is 12.1 Å². The van der Waals surface area contributed by atoms with E-state index in [1.54, 1.807) is 16.2 Å². The average Bonchev–Trinajstić information content (AvgIpc) is 3.16. The van der Waals surface area contributed by atoms with E-state index in [0.29, 0.717) is 6.54 Å². The Morgan fingerprint density at radius 2 is 2.08 bits per heavy atom. The van der Waals surface area contributed by atoms with Gasteiger partial charge in [0.05, 0.1) is 5.01 Å². The van der Waals surface area contributed by atoms with Crippen molar-refractivity contribution in [3.05, 3.63) is 52.5 Å². The second-order valence-corrected chi connectivity index (χ2v) is 7.56. The third kappa shape index (κ3) is 5.54. The molecular formula is C19H26N4OS. The summed E-state index contributed by atoms with van der Waals surface area (Å²) in [5, 5.41) is 6.22. The predicted molar refractivity (Wildman–Crippen MR) is 102 cm³/mol. The first-order valence-electron chi connectivity index (χ1n) is 8.87. The maximum atomic E-state index is 12.3. The average molecular weight is 359 g/mol. The fourth-order valence-corrected chi connectivity index (χ4v) is 3.71. The van der Waals surface area contributed by atoms with Crippen LogP contribution in [0.4, 0.5) is 4.79 Å². The highest BCUT2D eigenvalue weighted by Gasteiger charge is 2.21. The van der Waals surface area contributed by atoms with Crippen LogP contribution in [0.25, 0.3) is 0 Å². The molecule has 5 nitrogen and oxygen atoms in total. The highest BCUT2D eigenvalue weighted by atomic mass is 32.1. The molecule has 0 atom stereocenters. The summed E-state index contributed by atoms with van der Waals surface area (Å²) in [5.74, 6) is 0. The Hall–Kier alpha value is -1.92. The molecule has 1 aromatic carbocycles. The van der Waals surface area contributed by atoms with Crippen molar-refractivity contribution in [2.24, 2.45) is 0 Å². The van der Waals surface area contributed by atoms with E-state index in [1.165, 1.54) is 5.56 Å². The van der Waals surface area contributed by atoms with Crippen LogP contribution in [0, 0.1) is 0 Å². The monoisotopic (exact) mass is 358 g/mol. The van der Waals surface area contributed by atoms with Crippen molar-refractivity contribution < 1.29 is 4.79 Å². The zero-order chi connectivity index (χ0) is 17.5. The molecule has 0 radical (unpaired) electrons. The number of nitrogens with one attached hydrogen (secondary N) is 1. The van der Waals surface area contributed by atoms with Gasteiger partial charge in [0.2, 0.25) is 0 Å². The molecule has 134 valence electrons. The summed E-state index contributed by atoms with van der Waals surface area (Å²) in [6, 6.07) is 10.9. The molecule has 2 heterocycles. The van der Waals surface area contributed by atoms with Gasteiger partial charge in [-0.1, -0.05) is 30.3 Å². The Balaban J connectivity index is 1.37. The van der Waals surface area contributed by atoms with E-state index < -0.39 is 0 Å². The van der Waals surface area contributed by atoms with Gasteiger partial charge in [0.25, 0.3) is 0 Å². The van der Waals surface area contributed by atoms with Gasteiger partial charge >= 0.3 is 6.03 Å². The number of hydrogen-bond acceptors (Lipinski definition) is 4. The first-order valence-corrected chi connectivity index (χ1v) is 9.75. The van der Waals surface area contributed by atoms with Crippen molar-refractivity contribution in [3.8, 4) is 0 Å². The van der Waals surface area contributed by atoms with E-state index in [4.69, 9.17) is 0 Å². The molecule has 0 bridgehead atoms. The number of amides is 2. The topological polar surface area (TPSA) is 48.5 Å². The minimum absolute atomic E-state index is 0.0260. The maximum absolute atomic E-state index is 12.3. The molecule has 0 unspecified atom stereocenters. The van der Waals surface area contributed by atoms with Crippen molar-refractivity contribution in [1.29, 1.82) is 0 Å². The van der Waals surface area contributed by atoms with Crippen LogP contribution in [0.1, 0.15) is 23.4 Å². The molecule has 1 aromatic heterocycles. The molecular weight excluding hydrogens is 332 g/mol. The number of urea groups is 1. The van der Waals surface area contributed by atoms with Gasteiger partial charge in [-0.05, 0) is 18.4 Å². The van der Waals surface area contributed by atoms with Gasteiger partial charge in [0, 0.05) is 57.3 Å². The predicted octanol–water partition coefficient (Wildman–Crippen LogP) is 2.99. The van der Waals surface area contributed by atoms with E-state index in [1.807, 2.05) is 18.6 Å².